The number of rotatable bonds is 11. The lowest BCUT2D eigenvalue weighted by molar-refractivity contribution is 0.0946. The Hall–Kier alpha value is -3.55. The van der Waals surface area contributed by atoms with Gasteiger partial charge in [0.2, 0.25) is 0 Å². The zero-order valence-corrected chi connectivity index (χ0v) is 20.3. The van der Waals surface area contributed by atoms with Gasteiger partial charge in [-0.3, -0.25) is 14.2 Å². The molecule has 0 spiro atoms. The molecule has 3 aromatic rings. The molecule has 0 fully saturated rings. The SMILES string of the molecule is CCCC[C@H](CC)CNC(=O)c1ccc(Cn2c(=O)[nH]c3cc(OC)c(OC)cc3c2=O)cc1. The first kappa shape index (κ1) is 25.1. The number of aromatic amines is 1. The van der Waals surface area contributed by atoms with Crippen molar-refractivity contribution in [3.8, 4) is 11.5 Å². The molecule has 1 amide bonds. The Morgan fingerprint density at radius 1 is 1.06 bits per heavy atom. The molecule has 2 N–H and O–H groups in total. The van der Waals surface area contributed by atoms with Gasteiger partial charge in [0.05, 0.1) is 31.7 Å². The third-order valence-electron chi connectivity index (χ3n) is 6.14. The van der Waals surface area contributed by atoms with E-state index in [0.29, 0.717) is 40.4 Å². The summed E-state index contributed by atoms with van der Waals surface area (Å²) >= 11 is 0. The summed E-state index contributed by atoms with van der Waals surface area (Å²) in [4.78, 5) is 40.9. The summed E-state index contributed by atoms with van der Waals surface area (Å²) < 4.78 is 11.7. The zero-order valence-electron chi connectivity index (χ0n) is 20.3. The zero-order chi connectivity index (χ0) is 24.7. The van der Waals surface area contributed by atoms with Gasteiger partial charge in [0.1, 0.15) is 0 Å². The molecule has 2 aromatic carbocycles. The van der Waals surface area contributed by atoms with Gasteiger partial charge >= 0.3 is 5.69 Å². The van der Waals surface area contributed by atoms with Crippen molar-refractivity contribution >= 4 is 16.8 Å². The molecule has 8 heteroatoms. The smallest absolute Gasteiger partial charge is 0.329 e. The van der Waals surface area contributed by atoms with Gasteiger partial charge in [-0.1, -0.05) is 45.2 Å². The van der Waals surface area contributed by atoms with Crippen molar-refractivity contribution in [2.45, 2.75) is 46.1 Å². The molecular weight excluding hydrogens is 434 g/mol. The van der Waals surface area contributed by atoms with E-state index in [1.807, 2.05) is 0 Å². The van der Waals surface area contributed by atoms with E-state index in [-0.39, 0.29) is 12.5 Å². The van der Waals surface area contributed by atoms with Crippen LogP contribution in [0.15, 0.2) is 46.0 Å². The first-order chi connectivity index (χ1) is 16.4. The first-order valence-electron chi connectivity index (χ1n) is 11.7. The van der Waals surface area contributed by atoms with Crippen LogP contribution in [-0.2, 0) is 6.54 Å². The summed E-state index contributed by atoms with van der Waals surface area (Å²) in [5, 5.41) is 3.34. The average Bonchev–Trinajstić information content (AvgIpc) is 2.86. The number of fused-ring (bicyclic) bond motifs is 1. The first-order valence-corrected chi connectivity index (χ1v) is 11.7. The molecule has 1 heterocycles. The van der Waals surface area contributed by atoms with Gasteiger partial charge in [-0.15, -0.1) is 0 Å². The van der Waals surface area contributed by atoms with Crippen LogP contribution in [0.25, 0.3) is 10.9 Å². The Labute approximate surface area is 198 Å². The summed E-state index contributed by atoms with van der Waals surface area (Å²) in [7, 11) is 2.97. The highest BCUT2D eigenvalue weighted by Crippen LogP contribution is 2.29. The Balaban J connectivity index is 1.77. The normalized spacial score (nSPS) is 11.9. The van der Waals surface area contributed by atoms with Crippen LogP contribution < -0.4 is 26.0 Å². The summed E-state index contributed by atoms with van der Waals surface area (Å²) in [5.41, 5.74) is 0.702. The molecule has 1 aromatic heterocycles. The van der Waals surface area contributed by atoms with E-state index in [9.17, 15) is 14.4 Å². The van der Waals surface area contributed by atoms with Crippen molar-refractivity contribution in [2.75, 3.05) is 20.8 Å². The average molecular weight is 468 g/mol. The molecule has 1 atom stereocenters. The molecule has 0 radical (unpaired) electrons. The molecule has 0 saturated carbocycles. The summed E-state index contributed by atoms with van der Waals surface area (Å²) in [6, 6.07) is 10.1. The monoisotopic (exact) mass is 467 g/mol. The second-order valence-corrected chi connectivity index (χ2v) is 8.40. The maximum atomic E-state index is 13.0. The van der Waals surface area contributed by atoms with Gasteiger partial charge in [0.25, 0.3) is 11.5 Å². The Morgan fingerprint density at radius 2 is 1.74 bits per heavy atom. The number of methoxy groups -OCH3 is 2. The number of carbonyl (C=O) groups is 1. The van der Waals surface area contributed by atoms with E-state index in [2.05, 4.69) is 24.1 Å². The fourth-order valence-electron chi connectivity index (χ4n) is 3.95. The van der Waals surface area contributed by atoms with Gasteiger partial charge in [-0.25, -0.2) is 4.79 Å². The van der Waals surface area contributed by atoms with Crippen LogP contribution in [0.5, 0.6) is 11.5 Å². The highest BCUT2D eigenvalue weighted by molar-refractivity contribution is 5.94. The topological polar surface area (TPSA) is 102 Å². The lowest BCUT2D eigenvalue weighted by Gasteiger charge is -2.15. The van der Waals surface area contributed by atoms with E-state index in [0.717, 1.165) is 35.8 Å². The summed E-state index contributed by atoms with van der Waals surface area (Å²) in [6.07, 6.45) is 4.46. The standard InChI is InChI=1S/C26H33N3O5/c1-5-7-8-17(6-2)15-27-24(30)19-11-9-18(10-12-19)16-29-25(31)20-13-22(33-3)23(34-4)14-21(20)28-26(29)32/h9-14,17H,5-8,15-16H2,1-4H3,(H,27,30)(H,28,32)/t17-/m0/s1. The number of aromatic nitrogens is 2. The minimum absolute atomic E-state index is 0.0786. The van der Waals surface area contributed by atoms with E-state index < -0.39 is 11.2 Å². The largest absolute Gasteiger partial charge is 0.493 e. The fraction of sp³-hybridized carbons (Fsp3) is 0.423. The van der Waals surface area contributed by atoms with Crippen LogP contribution >= 0.6 is 0 Å². The number of hydrogen-bond acceptors (Lipinski definition) is 5. The lowest BCUT2D eigenvalue weighted by Crippen LogP contribution is -2.35. The maximum Gasteiger partial charge on any atom is 0.329 e. The molecular formula is C26H33N3O5. The number of ether oxygens (including phenoxy) is 2. The van der Waals surface area contributed by atoms with Gasteiger partial charge in [-0.05, 0) is 36.1 Å². The molecule has 182 valence electrons. The number of amides is 1. The van der Waals surface area contributed by atoms with E-state index in [4.69, 9.17) is 9.47 Å². The predicted octanol–water partition coefficient (Wildman–Crippen LogP) is 3.70. The van der Waals surface area contributed by atoms with Crippen LogP contribution in [-0.4, -0.2) is 36.2 Å². The van der Waals surface area contributed by atoms with Crippen molar-refractivity contribution in [2.24, 2.45) is 5.92 Å². The number of H-pyrrole nitrogens is 1. The van der Waals surface area contributed by atoms with Gasteiger partial charge in [0, 0.05) is 18.2 Å². The van der Waals surface area contributed by atoms with E-state index >= 15 is 0 Å². The molecule has 34 heavy (non-hydrogen) atoms. The van der Waals surface area contributed by atoms with Crippen LogP contribution in [0.2, 0.25) is 0 Å². The molecule has 0 aliphatic carbocycles. The van der Waals surface area contributed by atoms with Gasteiger partial charge in [-0.2, -0.15) is 0 Å². The second kappa shape index (κ2) is 11.5. The third-order valence-corrected chi connectivity index (χ3v) is 6.14. The number of unbranched alkanes of at least 4 members (excludes halogenated alkanes) is 1. The van der Waals surface area contributed by atoms with Crippen molar-refractivity contribution in [3.63, 3.8) is 0 Å². The molecule has 0 unspecified atom stereocenters. The van der Waals surface area contributed by atoms with Gasteiger partial charge < -0.3 is 19.8 Å². The molecule has 8 nitrogen and oxygen atoms in total. The van der Waals surface area contributed by atoms with Crippen molar-refractivity contribution in [1.82, 2.24) is 14.9 Å². The van der Waals surface area contributed by atoms with Crippen LogP contribution in [0.4, 0.5) is 0 Å². The minimum atomic E-state index is -0.524. The summed E-state index contributed by atoms with van der Waals surface area (Å²) in [6.45, 7) is 5.05. The number of carbonyl (C=O) groups excluding carboxylic acids is 1. The Kier molecular flexibility index (Phi) is 8.51. The number of hydrogen-bond donors (Lipinski definition) is 2. The fourth-order valence-corrected chi connectivity index (χ4v) is 3.95. The minimum Gasteiger partial charge on any atom is -0.493 e. The number of nitrogens with one attached hydrogen (secondary N) is 2. The molecule has 0 aliphatic rings. The van der Waals surface area contributed by atoms with Crippen molar-refractivity contribution in [1.29, 1.82) is 0 Å². The Bertz CT molecular complexity index is 1240. The molecule has 0 bridgehead atoms. The van der Waals surface area contributed by atoms with E-state index in [1.165, 1.54) is 14.2 Å². The van der Waals surface area contributed by atoms with Gasteiger partial charge in [0.15, 0.2) is 11.5 Å². The van der Waals surface area contributed by atoms with E-state index in [1.54, 1.807) is 36.4 Å². The van der Waals surface area contributed by atoms with Crippen LogP contribution in [0.3, 0.4) is 0 Å². The second-order valence-electron chi connectivity index (χ2n) is 8.40. The van der Waals surface area contributed by atoms with Crippen molar-refractivity contribution in [3.05, 3.63) is 68.4 Å². The number of benzene rings is 2. The van der Waals surface area contributed by atoms with Crippen LogP contribution in [0.1, 0.15) is 55.5 Å². The summed E-state index contributed by atoms with van der Waals surface area (Å²) in [5.74, 6) is 1.19. The molecule has 3 rings (SSSR count). The quantitative estimate of drug-likeness (QED) is 0.448. The van der Waals surface area contributed by atoms with Crippen LogP contribution in [0, 0.1) is 5.92 Å². The predicted molar refractivity (Wildman–Crippen MR) is 133 cm³/mol. The molecule has 0 aliphatic heterocycles. The molecule has 0 saturated heterocycles. The van der Waals surface area contributed by atoms with Crippen molar-refractivity contribution < 1.29 is 14.3 Å². The number of nitrogens with zero attached hydrogens (tertiary/aromatic N) is 1. The third kappa shape index (κ3) is 5.68. The maximum absolute atomic E-state index is 13.0. The highest BCUT2D eigenvalue weighted by atomic mass is 16.5. The highest BCUT2D eigenvalue weighted by Gasteiger charge is 2.14. The lowest BCUT2D eigenvalue weighted by atomic mass is 9.99. The Morgan fingerprint density at radius 3 is 2.35 bits per heavy atom.